The Morgan fingerprint density at radius 2 is 1.91 bits per heavy atom. The van der Waals surface area contributed by atoms with Gasteiger partial charge in [-0.2, -0.15) is 0 Å². The van der Waals surface area contributed by atoms with E-state index in [1.54, 1.807) is 0 Å². The number of fused-ring (bicyclic) bond motifs is 2. The number of nitrogens with one attached hydrogen (secondary N) is 1. The van der Waals surface area contributed by atoms with Gasteiger partial charge in [0.05, 0.1) is 6.10 Å². The largest absolute Gasteiger partial charge is 0.391 e. The van der Waals surface area contributed by atoms with Crippen molar-refractivity contribution in [2.75, 3.05) is 6.54 Å². The van der Waals surface area contributed by atoms with Gasteiger partial charge in [-0.15, -0.1) is 0 Å². The van der Waals surface area contributed by atoms with Gasteiger partial charge < -0.3 is 10.4 Å². The lowest BCUT2D eigenvalue weighted by Crippen LogP contribution is -2.45. The molecule has 0 aromatic carbocycles. The van der Waals surface area contributed by atoms with Crippen molar-refractivity contribution in [2.24, 2.45) is 17.8 Å². The van der Waals surface area contributed by atoms with Gasteiger partial charge in [-0.25, -0.2) is 0 Å². The molecule has 2 heteroatoms. The predicted octanol–water partition coefficient (Wildman–Crippen LogP) is 0.365. The second-order valence-electron chi connectivity index (χ2n) is 4.52. The summed E-state index contributed by atoms with van der Waals surface area (Å²) < 4.78 is 0. The van der Waals surface area contributed by atoms with Crippen LogP contribution in [0.5, 0.6) is 0 Å². The van der Waals surface area contributed by atoms with E-state index in [0.717, 1.165) is 18.4 Å². The Labute approximate surface area is 67.0 Å². The third kappa shape index (κ3) is 0.744. The first-order valence-corrected chi connectivity index (χ1v) is 4.76. The minimum Gasteiger partial charge on any atom is -0.391 e. The fourth-order valence-corrected chi connectivity index (χ4v) is 3.43. The van der Waals surface area contributed by atoms with Crippen molar-refractivity contribution >= 4 is 0 Å². The molecule has 1 heterocycles. The van der Waals surface area contributed by atoms with Crippen LogP contribution in [0.1, 0.15) is 19.3 Å². The fourth-order valence-electron chi connectivity index (χ4n) is 3.43. The molecule has 2 aliphatic carbocycles. The van der Waals surface area contributed by atoms with Crippen LogP contribution in [-0.2, 0) is 0 Å². The van der Waals surface area contributed by atoms with Gasteiger partial charge >= 0.3 is 0 Å². The Balaban J connectivity index is 1.96. The molecule has 0 radical (unpaired) electrons. The molecule has 5 unspecified atom stereocenters. The van der Waals surface area contributed by atoms with E-state index in [2.05, 4.69) is 5.32 Å². The lowest BCUT2D eigenvalue weighted by Gasteiger charge is -2.34. The highest BCUT2D eigenvalue weighted by Crippen LogP contribution is 2.47. The van der Waals surface area contributed by atoms with Gasteiger partial charge in [0.25, 0.3) is 0 Å². The first-order valence-electron chi connectivity index (χ1n) is 4.76. The van der Waals surface area contributed by atoms with E-state index in [-0.39, 0.29) is 6.10 Å². The molecule has 0 aromatic heterocycles. The van der Waals surface area contributed by atoms with E-state index in [9.17, 15) is 5.11 Å². The Bertz CT molecular complexity index is 178. The van der Waals surface area contributed by atoms with Crippen LogP contribution in [-0.4, -0.2) is 23.8 Å². The molecule has 1 saturated heterocycles. The molecule has 2 N–H and O–H groups in total. The van der Waals surface area contributed by atoms with Gasteiger partial charge in [-0.1, -0.05) is 0 Å². The molecule has 5 atom stereocenters. The van der Waals surface area contributed by atoms with Crippen molar-refractivity contribution in [3.05, 3.63) is 0 Å². The second-order valence-corrected chi connectivity index (χ2v) is 4.52. The van der Waals surface area contributed by atoms with Crippen molar-refractivity contribution < 1.29 is 5.11 Å². The normalized spacial score (nSPS) is 60.3. The molecule has 2 saturated carbocycles. The van der Waals surface area contributed by atoms with Gasteiger partial charge in [0, 0.05) is 6.04 Å². The van der Waals surface area contributed by atoms with Crippen molar-refractivity contribution in [3.8, 4) is 0 Å². The van der Waals surface area contributed by atoms with Gasteiger partial charge in [0.2, 0.25) is 0 Å². The number of hydrogen-bond donors (Lipinski definition) is 2. The molecule has 0 amide bonds. The van der Waals surface area contributed by atoms with E-state index >= 15 is 0 Å². The molecular formula is C9H15NO. The molecule has 0 spiro atoms. The van der Waals surface area contributed by atoms with Crippen molar-refractivity contribution in [1.82, 2.24) is 5.32 Å². The second kappa shape index (κ2) is 1.99. The molecule has 2 nitrogen and oxygen atoms in total. The zero-order chi connectivity index (χ0) is 7.42. The summed E-state index contributed by atoms with van der Waals surface area (Å²) in [7, 11) is 0. The third-order valence-corrected chi connectivity index (χ3v) is 3.88. The average molecular weight is 153 g/mol. The van der Waals surface area contributed by atoms with Crippen LogP contribution in [0.2, 0.25) is 0 Å². The molecular weight excluding hydrogens is 138 g/mol. The van der Waals surface area contributed by atoms with Gasteiger partial charge in [0.15, 0.2) is 0 Å². The molecule has 3 fully saturated rings. The maximum atomic E-state index is 9.82. The number of hydrogen-bond acceptors (Lipinski definition) is 2. The lowest BCUT2D eigenvalue weighted by molar-refractivity contribution is 0.111. The van der Waals surface area contributed by atoms with Crippen LogP contribution in [0, 0.1) is 17.8 Å². The number of aliphatic hydroxyl groups is 1. The van der Waals surface area contributed by atoms with E-state index in [1.807, 2.05) is 0 Å². The quantitative estimate of drug-likeness (QED) is 0.527. The summed E-state index contributed by atoms with van der Waals surface area (Å²) in [6, 6.07) is 0.457. The Morgan fingerprint density at radius 1 is 1.09 bits per heavy atom. The summed E-state index contributed by atoms with van der Waals surface area (Å²) >= 11 is 0. The maximum absolute atomic E-state index is 9.82. The molecule has 1 aliphatic heterocycles. The molecule has 3 rings (SSSR count). The minimum atomic E-state index is -0.0208. The third-order valence-electron chi connectivity index (χ3n) is 3.88. The number of rotatable bonds is 0. The summed E-state index contributed by atoms with van der Waals surface area (Å²) in [6.07, 6.45) is 3.93. The first kappa shape index (κ1) is 6.44. The SMILES string of the molecule is OC1C2CC3CNC1C(C3)C2. The Kier molecular flexibility index (Phi) is 1.16. The summed E-state index contributed by atoms with van der Waals surface area (Å²) in [4.78, 5) is 0. The highest BCUT2D eigenvalue weighted by atomic mass is 16.3. The molecule has 3 aliphatic rings. The topological polar surface area (TPSA) is 32.3 Å². The standard InChI is InChI=1S/C9H15NO/c11-9-7-2-5-1-6(3-7)8(9)10-4-5/h5-11H,1-4H2. The van der Waals surface area contributed by atoms with Crippen molar-refractivity contribution in [3.63, 3.8) is 0 Å². The molecule has 3 bridgehead atoms. The van der Waals surface area contributed by atoms with Gasteiger partial charge in [-0.05, 0) is 43.6 Å². The monoisotopic (exact) mass is 153 g/mol. The fraction of sp³-hybridized carbons (Fsp3) is 1.00. The van der Waals surface area contributed by atoms with Crippen LogP contribution in [0.3, 0.4) is 0 Å². The lowest BCUT2D eigenvalue weighted by atomic mass is 9.78. The highest BCUT2D eigenvalue weighted by Gasteiger charge is 2.49. The Hall–Kier alpha value is -0.0800. The van der Waals surface area contributed by atoms with E-state index in [1.165, 1.54) is 19.3 Å². The van der Waals surface area contributed by atoms with E-state index in [0.29, 0.717) is 12.0 Å². The van der Waals surface area contributed by atoms with Crippen molar-refractivity contribution in [1.29, 1.82) is 0 Å². The summed E-state index contributed by atoms with van der Waals surface area (Å²) in [5.41, 5.74) is 0. The van der Waals surface area contributed by atoms with Crippen molar-refractivity contribution in [2.45, 2.75) is 31.4 Å². The molecule has 0 aromatic rings. The van der Waals surface area contributed by atoms with E-state index < -0.39 is 0 Å². The maximum Gasteiger partial charge on any atom is 0.0724 e. The van der Waals surface area contributed by atoms with Crippen LogP contribution in [0.4, 0.5) is 0 Å². The minimum absolute atomic E-state index is 0.0208. The van der Waals surface area contributed by atoms with E-state index in [4.69, 9.17) is 0 Å². The smallest absolute Gasteiger partial charge is 0.0724 e. The summed E-state index contributed by atoms with van der Waals surface area (Å²) in [5, 5.41) is 13.3. The van der Waals surface area contributed by atoms with Crippen LogP contribution in [0.25, 0.3) is 0 Å². The van der Waals surface area contributed by atoms with Crippen LogP contribution in [0.15, 0.2) is 0 Å². The zero-order valence-electron chi connectivity index (χ0n) is 6.66. The Morgan fingerprint density at radius 3 is 2.82 bits per heavy atom. The van der Waals surface area contributed by atoms with Crippen LogP contribution >= 0.6 is 0 Å². The van der Waals surface area contributed by atoms with Crippen LogP contribution < -0.4 is 5.32 Å². The zero-order valence-corrected chi connectivity index (χ0v) is 6.66. The summed E-state index contributed by atoms with van der Waals surface area (Å²) in [5.74, 6) is 2.33. The predicted molar refractivity (Wildman–Crippen MR) is 42.1 cm³/mol. The number of aliphatic hydroxyl groups excluding tert-OH is 1. The molecule has 11 heavy (non-hydrogen) atoms. The highest BCUT2D eigenvalue weighted by molar-refractivity contribution is 5.04. The number of piperidine rings is 1. The first-order chi connectivity index (χ1) is 5.34. The van der Waals surface area contributed by atoms with Gasteiger partial charge in [0.1, 0.15) is 0 Å². The van der Waals surface area contributed by atoms with Gasteiger partial charge in [-0.3, -0.25) is 0 Å². The molecule has 62 valence electrons. The average Bonchev–Trinajstić information content (AvgIpc) is 2.14. The summed E-state index contributed by atoms with van der Waals surface area (Å²) in [6.45, 7) is 1.16.